The van der Waals surface area contributed by atoms with E-state index in [1.54, 1.807) is 17.9 Å². The number of nitrogens with one attached hydrogen (secondary N) is 1. The van der Waals surface area contributed by atoms with Gasteiger partial charge in [-0.05, 0) is 52.5 Å². The number of carbonyl (C=O) groups excluding carboxylic acids is 1. The molecule has 1 fully saturated rings. The Hall–Kier alpha value is -0.700. The van der Waals surface area contributed by atoms with Crippen molar-refractivity contribution in [3.05, 3.63) is 27.7 Å². The molecule has 1 aromatic carbocycles. The largest absolute Gasteiger partial charge is 0.598 e. The van der Waals surface area contributed by atoms with Crippen LogP contribution in [0.5, 0.6) is 5.75 Å². The number of piperidine rings is 1. The van der Waals surface area contributed by atoms with Crippen molar-refractivity contribution >= 4 is 40.5 Å². The molecule has 0 aromatic heterocycles. The third kappa shape index (κ3) is 5.68. The van der Waals surface area contributed by atoms with Crippen molar-refractivity contribution in [1.29, 1.82) is 0 Å². The van der Waals surface area contributed by atoms with Crippen LogP contribution in [0.3, 0.4) is 0 Å². The van der Waals surface area contributed by atoms with Gasteiger partial charge in [0.05, 0.1) is 22.1 Å². The topological polar surface area (TPSA) is 102 Å². The lowest BCUT2D eigenvalue weighted by Crippen LogP contribution is -2.49. The lowest BCUT2D eigenvalue weighted by atomic mass is 9.85. The van der Waals surface area contributed by atoms with E-state index in [0.717, 1.165) is 0 Å². The van der Waals surface area contributed by atoms with Crippen LogP contribution in [0.25, 0.3) is 0 Å². The number of phenolic OH excluding ortho intramolecular Hbond substituents is 1. The molecule has 4 N–H and O–H groups in total. The average molecular weight is 450 g/mol. The molecule has 1 saturated heterocycles. The van der Waals surface area contributed by atoms with Crippen LogP contribution in [0.15, 0.2) is 12.1 Å². The number of carbonyl (C=O) groups is 1. The van der Waals surface area contributed by atoms with Gasteiger partial charge in [-0.25, -0.2) is 0 Å². The number of amides is 1. The summed E-state index contributed by atoms with van der Waals surface area (Å²) in [7, 11) is 0. The fourth-order valence-electron chi connectivity index (χ4n) is 3.25. The van der Waals surface area contributed by atoms with Crippen molar-refractivity contribution in [2.45, 2.75) is 57.4 Å². The third-order valence-corrected chi connectivity index (χ3v) is 7.21. The Morgan fingerprint density at radius 1 is 1.32 bits per heavy atom. The van der Waals surface area contributed by atoms with E-state index in [2.05, 4.69) is 4.72 Å². The first-order chi connectivity index (χ1) is 12.9. The van der Waals surface area contributed by atoms with E-state index in [4.69, 9.17) is 28.9 Å². The van der Waals surface area contributed by atoms with Crippen molar-refractivity contribution < 1.29 is 14.5 Å². The van der Waals surface area contributed by atoms with E-state index in [9.17, 15) is 14.5 Å². The Balaban J connectivity index is 2.28. The zero-order valence-corrected chi connectivity index (χ0v) is 19.0. The molecule has 0 aliphatic carbocycles. The predicted octanol–water partition coefficient (Wildman–Crippen LogP) is 3.38. The van der Waals surface area contributed by atoms with Crippen LogP contribution in [0.4, 0.5) is 0 Å². The summed E-state index contributed by atoms with van der Waals surface area (Å²) in [5.41, 5.74) is 6.27. The summed E-state index contributed by atoms with van der Waals surface area (Å²) < 4.78 is 15.5. The van der Waals surface area contributed by atoms with E-state index in [1.165, 1.54) is 6.07 Å². The number of rotatable bonds is 5. The molecule has 1 aromatic rings. The van der Waals surface area contributed by atoms with Crippen molar-refractivity contribution in [3.8, 4) is 5.75 Å². The number of benzene rings is 1. The standard InChI is InChI=1S/C19H29Cl2N3O3S/c1-11(22)18(26)24-7-5-12(6-8-24)17(23-28(27)19(2,3)4)13-9-14(20)15(21)10-16(13)25/h9-12,17,23,25H,5-8,22H2,1-4H3/t11-,17?,28?/m1/s1. The summed E-state index contributed by atoms with van der Waals surface area (Å²) in [5.74, 6) is -0.00270. The van der Waals surface area contributed by atoms with E-state index in [0.29, 0.717) is 36.5 Å². The van der Waals surface area contributed by atoms with Crippen LogP contribution in [0.1, 0.15) is 52.1 Å². The second kappa shape index (κ2) is 9.41. The summed E-state index contributed by atoms with van der Waals surface area (Å²) in [6.45, 7) is 8.45. The van der Waals surface area contributed by atoms with E-state index in [-0.39, 0.29) is 28.6 Å². The summed E-state index contributed by atoms with van der Waals surface area (Å²) in [4.78, 5) is 13.9. The first-order valence-electron chi connectivity index (χ1n) is 9.32. The molecule has 0 radical (unpaired) electrons. The second-order valence-corrected chi connectivity index (χ2v) is 11.1. The number of halogens is 2. The zero-order valence-electron chi connectivity index (χ0n) is 16.7. The minimum absolute atomic E-state index is 0.00638. The van der Waals surface area contributed by atoms with Gasteiger partial charge in [-0.1, -0.05) is 23.2 Å². The second-order valence-electron chi connectivity index (χ2n) is 8.25. The SMILES string of the molecule is C[C@@H](N)C(=O)N1CCC(C(N[S+]([O-])C(C)(C)C)c2cc(Cl)c(Cl)cc2O)CC1. The van der Waals surface area contributed by atoms with Gasteiger partial charge in [-0.15, -0.1) is 4.72 Å². The third-order valence-electron chi connectivity index (χ3n) is 4.91. The number of hydrogen-bond donors (Lipinski definition) is 3. The van der Waals surface area contributed by atoms with Gasteiger partial charge >= 0.3 is 0 Å². The lowest BCUT2D eigenvalue weighted by molar-refractivity contribution is -0.133. The number of likely N-dealkylation sites (tertiary alicyclic amines) is 1. The Bertz CT molecular complexity index is 704. The molecule has 0 saturated carbocycles. The molecule has 1 aliphatic rings. The van der Waals surface area contributed by atoms with Gasteiger partial charge in [-0.2, -0.15) is 0 Å². The number of phenols is 1. The highest BCUT2D eigenvalue weighted by Crippen LogP contribution is 2.40. The maximum Gasteiger partial charge on any atom is 0.239 e. The van der Waals surface area contributed by atoms with Gasteiger partial charge in [0.1, 0.15) is 10.5 Å². The van der Waals surface area contributed by atoms with Crippen molar-refractivity contribution in [2.24, 2.45) is 11.7 Å². The Kier molecular flexibility index (Phi) is 7.92. The maximum absolute atomic E-state index is 12.8. The quantitative estimate of drug-likeness (QED) is 0.597. The summed E-state index contributed by atoms with van der Waals surface area (Å²) in [5, 5.41) is 11.1. The minimum atomic E-state index is -1.35. The smallest absolute Gasteiger partial charge is 0.239 e. The number of nitrogens with two attached hydrogens (primary N) is 1. The molecule has 158 valence electrons. The van der Waals surface area contributed by atoms with E-state index >= 15 is 0 Å². The normalized spacial score (nSPS) is 19.4. The molecular formula is C19H29Cl2N3O3S. The van der Waals surface area contributed by atoms with Crippen LogP contribution in [-0.4, -0.2) is 44.3 Å². The van der Waals surface area contributed by atoms with Crippen LogP contribution in [0.2, 0.25) is 10.0 Å². The molecule has 1 heterocycles. The van der Waals surface area contributed by atoms with Gasteiger partial charge in [0.25, 0.3) is 0 Å². The molecule has 2 unspecified atom stereocenters. The molecule has 3 atom stereocenters. The molecular weight excluding hydrogens is 421 g/mol. The number of nitrogens with zero attached hydrogens (tertiary/aromatic N) is 1. The molecule has 2 rings (SSSR count). The highest BCUT2D eigenvalue weighted by molar-refractivity contribution is 7.90. The summed E-state index contributed by atoms with van der Waals surface area (Å²) in [6, 6.07) is 2.11. The first-order valence-corrected chi connectivity index (χ1v) is 11.2. The molecule has 6 nitrogen and oxygen atoms in total. The lowest BCUT2D eigenvalue weighted by Gasteiger charge is -2.38. The van der Waals surface area contributed by atoms with Gasteiger partial charge in [-0.3, -0.25) is 4.79 Å². The molecule has 0 spiro atoms. The monoisotopic (exact) mass is 449 g/mol. The molecule has 1 aliphatic heterocycles. The Morgan fingerprint density at radius 3 is 2.36 bits per heavy atom. The molecule has 1 amide bonds. The minimum Gasteiger partial charge on any atom is -0.598 e. The highest BCUT2D eigenvalue weighted by atomic mass is 35.5. The highest BCUT2D eigenvalue weighted by Gasteiger charge is 2.37. The molecule has 28 heavy (non-hydrogen) atoms. The van der Waals surface area contributed by atoms with Crippen LogP contribution in [0, 0.1) is 5.92 Å². The van der Waals surface area contributed by atoms with Gasteiger partial charge < -0.3 is 20.3 Å². The van der Waals surface area contributed by atoms with Crippen molar-refractivity contribution in [2.75, 3.05) is 13.1 Å². The summed E-state index contributed by atoms with van der Waals surface area (Å²) in [6.07, 6.45) is 1.38. The number of aromatic hydroxyl groups is 1. The van der Waals surface area contributed by atoms with Gasteiger partial charge in [0, 0.05) is 36.1 Å². The number of hydrogen-bond acceptors (Lipinski definition) is 5. The van der Waals surface area contributed by atoms with Crippen LogP contribution < -0.4 is 10.5 Å². The van der Waals surface area contributed by atoms with Crippen molar-refractivity contribution in [1.82, 2.24) is 9.62 Å². The van der Waals surface area contributed by atoms with Gasteiger partial charge in [0.15, 0.2) is 0 Å². The first kappa shape index (κ1) is 23.6. The maximum atomic E-state index is 12.8. The van der Waals surface area contributed by atoms with Crippen LogP contribution in [-0.2, 0) is 16.2 Å². The Morgan fingerprint density at radius 2 is 1.86 bits per heavy atom. The van der Waals surface area contributed by atoms with E-state index < -0.39 is 22.2 Å². The Labute approximate surface area is 180 Å². The van der Waals surface area contributed by atoms with Crippen LogP contribution >= 0.6 is 23.2 Å². The van der Waals surface area contributed by atoms with Gasteiger partial charge in [0.2, 0.25) is 5.91 Å². The molecule has 0 bridgehead atoms. The van der Waals surface area contributed by atoms with E-state index in [1.807, 2.05) is 20.8 Å². The zero-order chi connectivity index (χ0) is 21.2. The summed E-state index contributed by atoms with van der Waals surface area (Å²) >= 11 is 10.8. The predicted molar refractivity (Wildman–Crippen MR) is 115 cm³/mol. The average Bonchev–Trinajstić information content (AvgIpc) is 2.61. The fourth-order valence-corrected chi connectivity index (χ4v) is 4.48. The molecule has 9 heteroatoms. The fraction of sp³-hybridized carbons (Fsp3) is 0.632. The van der Waals surface area contributed by atoms with Crippen molar-refractivity contribution in [3.63, 3.8) is 0 Å².